The number of para-hydroxylation sites is 2. The molecule has 3 rings (SSSR count). The van der Waals surface area contributed by atoms with E-state index in [9.17, 15) is 18.0 Å². The van der Waals surface area contributed by atoms with Gasteiger partial charge in [0.25, 0.3) is 5.91 Å². The zero-order valence-corrected chi connectivity index (χ0v) is 18.3. The fraction of sp³-hybridized carbons (Fsp3) is 0.619. The molecule has 0 unspecified atom stereocenters. The zero-order chi connectivity index (χ0) is 23.9. The number of methoxy groups -OCH3 is 2. The summed E-state index contributed by atoms with van der Waals surface area (Å²) in [7, 11) is 3.38. The van der Waals surface area contributed by atoms with Crippen molar-refractivity contribution in [3.05, 3.63) is 24.3 Å². The number of carboxylic acid groups (broad SMARTS) is 1. The van der Waals surface area contributed by atoms with E-state index in [1.54, 1.807) is 14.2 Å². The van der Waals surface area contributed by atoms with Crippen LogP contribution in [0.3, 0.4) is 0 Å². The standard InChI is InChI=1S/C19H28N2O4.C2HF3O2/c1-4-20-11-14-15(12-20)21(10-9-16(14)23-2)19(22)13-25-18-8-6-5-7-17(18)24-3;3-2(4,5)1(6)7/h5-8,14-16H,4,9-13H2,1-3H3;(H,6,7)/t14-,15+,16+;/m0./s1. The number of halogens is 3. The molecular weight excluding hydrogens is 433 g/mol. The van der Waals surface area contributed by atoms with Crippen molar-refractivity contribution < 1.29 is 42.1 Å². The maximum atomic E-state index is 12.8. The Kier molecular flexibility index (Phi) is 9.14. The third-order valence-electron chi connectivity index (χ3n) is 5.67. The Morgan fingerprint density at radius 2 is 1.78 bits per heavy atom. The molecule has 0 bridgehead atoms. The lowest BCUT2D eigenvalue weighted by Crippen LogP contribution is -2.54. The van der Waals surface area contributed by atoms with E-state index in [4.69, 9.17) is 24.1 Å². The third kappa shape index (κ3) is 6.49. The van der Waals surface area contributed by atoms with Gasteiger partial charge in [0, 0.05) is 32.7 Å². The van der Waals surface area contributed by atoms with Crippen LogP contribution in [0, 0.1) is 5.92 Å². The lowest BCUT2D eigenvalue weighted by atomic mass is 9.89. The topological polar surface area (TPSA) is 88.5 Å². The summed E-state index contributed by atoms with van der Waals surface area (Å²) in [6, 6.07) is 7.62. The Hall–Kier alpha value is -2.53. The second-order valence-electron chi connectivity index (χ2n) is 7.48. The minimum absolute atomic E-state index is 0.0351. The number of carbonyl (C=O) groups excluding carboxylic acids is 1. The number of amides is 1. The van der Waals surface area contributed by atoms with E-state index in [0.717, 1.165) is 32.6 Å². The first-order valence-corrected chi connectivity index (χ1v) is 10.2. The number of fused-ring (bicyclic) bond motifs is 1. The third-order valence-corrected chi connectivity index (χ3v) is 5.67. The highest BCUT2D eigenvalue weighted by Gasteiger charge is 2.45. The molecule has 0 aliphatic carbocycles. The number of likely N-dealkylation sites (N-methyl/N-ethyl adjacent to an activating group) is 1. The van der Waals surface area contributed by atoms with Gasteiger partial charge in [-0.15, -0.1) is 0 Å². The summed E-state index contributed by atoms with van der Waals surface area (Å²) in [5, 5.41) is 7.12. The van der Waals surface area contributed by atoms with Crippen molar-refractivity contribution in [3.8, 4) is 11.5 Å². The van der Waals surface area contributed by atoms with Gasteiger partial charge in [-0.05, 0) is 25.1 Å². The lowest BCUT2D eigenvalue weighted by Gasteiger charge is -2.41. The molecule has 180 valence electrons. The van der Waals surface area contributed by atoms with Gasteiger partial charge in [0.05, 0.1) is 19.3 Å². The van der Waals surface area contributed by atoms with Gasteiger partial charge < -0.3 is 29.1 Å². The molecule has 11 heteroatoms. The predicted molar refractivity (Wildman–Crippen MR) is 109 cm³/mol. The molecule has 0 aromatic heterocycles. The van der Waals surface area contributed by atoms with Crippen molar-refractivity contribution in [1.29, 1.82) is 0 Å². The molecule has 1 amide bonds. The Labute approximate surface area is 184 Å². The predicted octanol–water partition coefficient (Wildman–Crippen LogP) is 2.27. The van der Waals surface area contributed by atoms with Crippen molar-refractivity contribution in [2.45, 2.75) is 31.7 Å². The fourth-order valence-corrected chi connectivity index (χ4v) is 4.06. The Morgan fingerprint density at radius 3 is 2.31 bits per heavy atom. The molecule has 32 heavy (non-hydrogen) atoms. The number of aliphatic carboxylic acids is 1. The number of piperidine rings is 1. The number of carboxylic acids is 1. The molecule has 2 fully saturated rings. The van der Waals surface area contributed by atoms with Crippen LogP contribution in [-0.2, 0) is 14.3 Å². The number of hydrogen-bond acceptors (Lipinski definition) is 6. The Morgan fingerprint density at radius 1 is 1.16 bits per heavy atom. The number of rotatable bonds is 6. The van der Waals surface area contributed by atoms with Crippen LogP contribution in [-0.4, -0.2) is 92.1 Å². The molecule has 2 heterocycles. The van der Waals surface area contributed by atoms with Gasteiger partial charge in [0.2, 0.25) is 0 Å². The maximum Gasteiger partial charge on any atom is 0.490 e. The van der Waals surface area contributed by atoms with E-state index in [0.29, 0.717) is 17.4 Å². The second kappa shape index (κ2) is 11.4. The van der Waals surface area contributed by atoms with Gasteiger partial charge in [-0.1, -0.05) is 19.1 Å². The summed E-state index contributed by atoms with van der Waals surface area (Å²) in [4.78, 5) is 26.1. The largest absolute Gasteiger partial charge is 0.493 e. The number of alkyl halides is 3. The highest BCUT2D eigenvalue weighted by molar-refractivity contribution is 5.78. The van der Waals surface area contributed by atoms with E-state index in [1.807, 2.05) is 29.2 Å². The minimum atomic E-state index is -5.08. The molecule has 8 nitrogen and oxygen atoms in total. The van der Waals surface area contributed by atoms with Crippen molar-refractivity contribution in [2.24, 2.45) is 5.92 Å². The van der Waals surface area contributed by atoms with Crippen LogP contribution in [0.2, 0.25) is 0 Å². The maximum absolute atomic E-state index is 12.8. The zero-order valence-electron chi connectivity index (χ0n) is 18.3. The summed E-state index contributed by atoms with van der Waals surface area (Å²) < 4.78 is 48.4. The highest BCUT2D eigenvalue weighted by atomic mass is 19.4. The molecule has 1 N–H and O–H groups in total. The molecule has 1 aromatic rings. The van der Waals surface area contributed by atoms with Crippen LogP contribution in [0.5, 0.6) is 11.5 Å². The number of hydrogen-bond donors (Lipinski definition) is 1. The average molecular weight is 462 g/mol. The van der Waals surface area contributed by atoms with Crippen LogP contribution >= 0.6 is 0 Å². The fourth-order valence-electron chi connectivity index (χ4n) is 4.06. The van der Waals surface area contributed by atoms with Crippen molar-refractivity contribution >= 4 is 11.9 Å². The number of nitrogens with zero attached hydrogens (tertiary/aromatic N) is 2. The number of carbonyl (C=O) groups is 2. The summed E-state index contributed by atoms with van der Waals surface area (Å²) in [6.45, 7) is 5.84. The Balaban J connectivity index is 0.000000451. The molecule has 0 radical (unpaired) electrons. The van der Waals surface area contributed by atoms with Crippen molar-refractivity contribution in [1.82, 2.24) is 9.80 Å². The first-order valence-electron chi connectivity index (χ1n) is 10.2. The monoisotopic (exact) mass is 462 g/mol. The first kappa shape index (κ1) is 25.7. The Bertz CT molecular complexity index is 776. The van der Waals surface area contributed by atoms with Gasteiger partial charge in [-0.2, -0.15) is 13.2 Å². The van der Waals surface area contributed by atoms with Crippen LogP contribution in [0.25, 0.3) is 0 Å². The van der Waals surface area contributed by atoms with Gasteiger partial charge in [0.15, 0.2) is 18.1 Å². The summed E-state index contributed by atoms with van der Waals surface area (Å²) >= 11 is 0. The summed E-state index contributed by atoms with van der Waals surface area (Å²) in [5.41, 5.74) is 0. The SMILES string of the molecule is CCN1C[C@H]2[C@@H](C1)N(C(=O)COc1ccccc1OC)CC[C@H]2OC.O=C(O)C(F)(F)F. The molecular formula is C21H29F3N2O6. The highest BCUT2D eigenvalue weighted by Crippen LogP contribution is 2.33. The molecule has 2 saturated heterocycles. The second-order valence-corrected chi connectivity index (χ2v) is 7.48. The number of likely N-dealkylation sites (tertiary alicyclic amines) is 2. The molecule has 0 saturated carbocycles. The van der Waals surface area contributed by atoms with Crippen LogP contribution < -0.4 is 9.47 Å². The molecule has 3 atom stereocenters. The van der Waals surface area contributed by atoms with Gasteiger partial charge in [-0.3, -0.25) is 4.79 Å². The van der Waals surface area contributed by atoms with Crippen LogP contribution in [0.4, 0.5) is 13.2 Å². The van der Waals surface area contributed by atoms with E-state index < -0.39 is 12.1 Å². The average Bonchev–Trinajstić information content (AvgIpc) is 3.21. The first-order chi connectivity index (χ1) is 15.1. The molecule has 2 aliphatic rings. The van der Waals surface area contributed by atoms with Crippen molar-refractivity contribution in [2.75, 3.05) is 47.0 Å². The van der Waals surface area contributed by atoms with Gasteiger partial charge in [-0.25, -0.2) is 4.79 Å². The van der Waals surface area contributed by atoms with Crippen molar-refractivity contribution in [3.63, 3.8) is 0 Å². The van der Waals surface area contributed by atoms with Gasteiger partial charge in [0.1, 0.15) is 0 Å². The number of benzene rings is 1. The normalized spacial score (nSPS) is 23.1. The van der Waals surface area contributed by atoms with E-state index in [2.05, 4.69) is 11.8 Å². The van der Waals surface area contributed by atoms with Crippen LogP contribution in [0.15, 0.2) is 24.3 Å². The minimum Gasteiger partial charge on any atom is -0.493 e. The van der Waals surface area contributed by atoms with Gasteiger partial charge >= 0.3 is 12.1 Å². The van der Waals surface area contributed by atoms with E-state index >= 15 is 0 Å². The van der Waals surface area contributed by atoms with E-state index in [1.165, 1.54) is 0 Å². The quantitative estimate of drug-likeness (QED) is 0.694. The number of ether oxygens (including phenoxy) is 3. The van der Waals surface area contributed by atoms with E-state index in [-0.39, 0.29) is 24.7 Å². The lowest BCUT2D eigenvalue weighted by molar-refractivity contribution is -0.192. The van der Waals surface area contributed by atoms with Crippen LogP contribution in [0.1, 0.15) is 13.3 Å². The molecule has 1 aromatic carbocycles. The molecule has 2 aliphatic heterocycles. The summed E-state index contributed by atoms with van der Waals surface area (Å²) in [6.07, 6.45) is -3.96. The smallest absolute Gasteiger partial charge is 0.490 e. The molecule has 0 spiro atoms. The summed E-state index contributed by atoms with van der Waals surface area (Å²) in [5.74, 6) is -1.09.